The lowest BCUT2D eigenvalue weighted by Crippen LogP contribution is -2.23. The van der Waals surface area contributed by atoms with Gasteiger partial charge in [-0.05, 0) is 29.8 Å². The smallest absolute Gasteiger partial charge is 0.273 e. The van der Waals surface area contributed by atoms with Crippen LogP contribution in [-0.4, -0.2) is 30.8 Å². The van der Waals surface area contributed by atoms with Crippen molar-refractivity contribution < 1.29 is 9.32 Å². The average Bonchev–Trinajstić information content (AvgIpc) is 3.39. The second-order valence-corrected chi connectivity index (χ2v) is 5.48. The maximum Gasteiger partial charge on any atom is 0.273 e. The largest absolute Gasteiger partial charge is 0.355 e. The topological polar surface area (TPSA) is 98.7 Å². The van der Waals surface area contributed by atoms with Crippen LogP contribution in [0.25, 0.3) is 17.1 Å². The van der Waals surface area contributed by atoms with Crippen molar-refractivity contribution in [1.82, 2.24) is 30.2 Å². The van der Waals surface area contributed by atoms with E-state index in [9.17, 15) is 4.79 Å². The number of aromatic nitrogens is 5. The molecule has 0 saturated heterocycles. The van der Waals surface area contributed by atoms with Gasteiger partial charge in [-0.25, -0.2) is 9.67 Å². The summed E-state index contributed by atoms with van der Waals surface area (Å²) in [5.41, 5.74) is 1.84. The van der Waals surface area contributed by atoms with Gasteiger partial charge in [0.15, 0.2) is 17.3 Å². The second kappa shape index (κ2) is 6.98. The maximum atomic E-state index is 12.2. The number of nitrogens with zero attached hydrogens (tertiary/aromatic N) is 5. The van der Waals surface area contributed by atoms with E-state index < -0.39 is 0 Å². The molecule has 26 heavy (non-hydrogen) atoms. The fourth-order valence-electron chi connectivity index (χ4n) is 2.36. The molecule has 0 unspecified atom stereocenters. The molecule has 4 rings (SSSR count). The molecule has 4 aromatic rings. The van der Waals surface area contributed by atoms with E-state index in [4.69, 9.17) is 4.52 Å². The van der Waals surface area contributed by atoms with Gasteiger partial charge in [0.2, 0.25) is 0 Å². The zero-order valence-corrected chi connectivity index (χ0v) is 13.6. The van der Waals surface area contributed by atoms with Gasteiger partial charge in [0, 0.05) is 49.2 Å². The van der Waals surface area contributed by atoms with Gasteiger partial charge in [0.1, 0.15) is 0 Å². The van der Waals surface area contributed by atoms with E-state index in [1.54, 1.807) is 41.6 Å². The molecule has 8 nitrogen and oxygen atoms in total. The van der Waals surface area contributed by atoms with Crippen LogP contribution in [0.3, 0.4) is 0 Å². The third-order valence-corrected chi connectivity index (χ3v) is 3.69. The zero-order chi connectivity index (χ0) is 17.8. The van der Waals surface area contributed by atoms with Gasteiger partial charge in [-0.3, -0.25) is 9.78 Å². The molecule has 0 bridgehead atoms. The molecule has 8 heteroatoms. The minimum Gasteiger partial charge on any atom is -0.355 e. The van der Waals surface area contributed by atoms with Crippen molar-refractivity contribution in [2.45, 2.75) is 6.54 Å². The number of nitrogens with one attached hydrogen (secondary N) is 1. The molecule has 1 amide bonds. The van der Waals surface area contributed by atoms with Crippen LogP contribution in [0.2, 0.25) is 0 Å². The fraction of sp³-hybridized carbons (Fsp3) is 0.0556. The van der Waals surface area contributed by atoms with Gasteiger partial charge in [-0.1, -0.05) is 11.2 Å². The Hall–Kier alpha value is -3.81. The van der Waals surface area contributed by atoms with Gasteiger partial charge < -0.3 is 9.84 Å². The predicted octanol–water partition coefficient (Wildman–Crippen LogP) is 2.25. The average molecular weight is 346 g/mol. The molecular weight excluding hydrogens is 332 g/mol. The normalized spacial score (nSPS) is 10.6. The van der Waals surface area contributed by atoms with E-state index in [0.29, 0.717) is 18.1 Å². The summed E-state index contributed by atoms with van der Waals surface area (Å²) >= 11 is 0. The third kappa shape index (κ3) is 3.34. The van der Waals surface area contributed by atoms with Crippen LogP contribution in [0.1, 0.15) is 16.1 Å². The van der Waals surface area contributed by atoms with Crippen LogP contribution in [0.15, 0.2) is 71.9 Å². The first kappa shape index (κ1) is 15.7. The zero-order valence-electron chi connectivity index (χ0n) is 13.6. The molecule has 0 radical (unpaired) electrons. The molecule has 0 aliphatic rings. The Morgan fingerprint density at radius 1 is 1.15 bits per heavy atom. The van der Waals surface area contributed by atoms with E-state index in [-0.39, 0.29) is 11.6 Å². The summed E-state index contributed by atoms with van der Waals surface area (Å²) in [7, 11) is 0. The minimum absolute atomic E-state index is 0.213. The minimum atomic E-state index is -0.319. The summed E-state index contributed by atoms with van der Waals surface area (Å²) in [4.78, 5) is 20.6. The van der Waals surface area contributed by atoms with Crippen LogP contribution in [-0.2, 0) is 6.54 Å². The van der Waals surface area contributed by atoms with Gasteiger partial charge in [0.05, 0.1) is 0 Å². The molecule has 4 aromatic heterocycles. The van der Waals surface area contributed by atoms with Crippen LogP contribution < -0.4 is 5.32 Å². The first-order valence-electron chi connectivity index (χ1n) is 7.90. The van der Waals surface area contributed by atoms with E-state index in [1.165, 1.54) is 0 Å². The van der Waals surface area contributed by atoms with E-state index >= 15 is 0 Å². The van der Waals surface area contributed by atoms with E-state index in [1.807, 2.05) is 30.5 Å². The molecule has 0 aromatic carbocycles. The first-order chi connectivity index (χ1) is 12.8. The summed E-state index contributed by atoms with van der Waals surface area (Å²) < 4.78 is 6.87. The molecule has 1 N–H and O–H groups in total. The Morgan fingerprint density at radius 3 is 2.85 bits per heavy atom. The van der Waals surface area contributed by atoms with Crippen LogP contribution in [0.5, 0.6) is 0 Å². The lowest BCUT2D eigenvalue weighted by molar-refractivity contribution is 0.0942. The fourth-order valence-corrected chi connectivity index (χ4v) is 2.36. The monoisotopic (exact) mass is 346 g/mol. The highest BCUT2D eigenvalue weighted by Gasteiger charge is 2.13. The number of hydrogen-bond acceptors (Lipinski definition) is 6. The Balaban J connectivity index is 1.39. The molecule has 0 spiro atoms. The molecule has 128 valence electrons. The van der Waals surface area contributed by atoms with Crippen molar-refractivity contribution in [2.75, 3.05) is 0 Å². The summed E-state index contributed by atoms with van der Waals surface area (Å²) in [5, 5.41) is 10.7. The van der Waals surface area contributed by atoms with Gasteiger partial charge >= 0.3 is 0 Å². The summed E-state index contributed by atoms with van der Waals surface area (Å²) in [6.45, 7) is 0.334. The van der Waals surface area contributed by atoms with Crippen molar-refractivity contribution in [3.63, 3.8) is 0 Å². The summed E-state index contributed by atoms with van der Waals surface area (Å²) in [6, 6.07) is 10.8. The molecule has 0 atom stereocenters. The van der Waals surface area contributed by atoms with Crippen LogP contribution in [0.4, 0.5) is 0 Å². The third-order valence-electron chi connectivity index (χ3n) is 3.69. The van der Waals surface area contributed by atoms with Crippen LogP contribution in [0, 0.1) is 0 Å². The molecule has 0 aliphatic carbocycles. The molecule has 4 heterocycles. The maximum absolute atomic E-state index is 12.2. The first-order valence-corrected chi connectivity index (χ1v) is 7.90. The predicted molar refractivity (Wildman–Crippen MR) is 92.3 cm³/mol. The van der Waals surface area contributed by atoms with Gasteiger partial charge in [-0.2, -0.15) is 5.10 Å². The van der Waals surface area contributed by atoms with Crippen molar-refractivity contribution in [3.8, 4) is 17.1 Å². The highest BCUT2D eigenvalue weighted by atomic mass is 16.5. The number of amides is 1. The van der Waals surface area contributed by atoms with E-state index in [2.05, 4.69) is 25.5 Å². The highest BCUT2D eigenvalue weighted by molar-refractivity contribution is 5.93. The summed E-state index contributed by atoms with van der Waals surface area (Å²) in [5.74, 6) is 0.885. The number of hydrogen-bond donors (Lipinski definition) is 1. The van der Waals surface area contributed by atoms with Crippen LogP contribution >= 0.6 is 0 Å². The number of pyridine rings is 2. The highest BCUT2D eigenvalue weighted by Crippen LogP contribution is 2.18. The van der Waals surface area contributed by atoms with Crippen molar-refractivity contribution in [1.29, 1.82) is 0 Å². The van der Waals surface area contributed by atoms with Gasteiger partial charge in [-0.15, -0.1) is 0 Å². The SMILES string of the molecule is O=C(NCc1ccc(-n2cccn2)nc1)c1cc(-c2cccnc2)on1. The number of carbonyl (C=O) groups is 1. The summed E-state index contributed by atoms with van der Waals surface area (Å²) in [6.07, 6.45) is 8.51. The van der Waals surface area contributed by atoms with Crippen molar-refractivity contribution in [3.05, 3.63) is 78.6 Å². The van der Waals surface area contributed by atoms with Crippen molar-refractivity contribution in [2.24, 2.45) is 0 Å². The quantitative estimate of drug-likeness (QED) is 0.595. The lowest BCUT2D eigenvalue weighted by Gasteiger charge is -2.04. The second-order valence-electron chi connectivity index (χ2n) is 5.48. The Bertz CT molecular complexity index is 994. The molecule has 0 fully saturated rings. The molecule has 0 aliphatic heterocycles. The Labute approximate surface area is 148 Å². The number of carbonyl (C=O) groups excluding carboxylic acids is 1. The van der Waals surface area contributed by atoms with Gasteiger partial charge in [0.25, 0.3) is 5.91 Å². The molecule has 0 saturated carbocycles. The standard InChI is InChI=1S/C18H14N6O2/c25-18(15-9-16(26-23-15)14-3-1-6-19-12-14)21-11-13-4-5-17(20-10-13)24-8-2-7-22-24/h1-10,12H,11H2,(H,21,25). The van der Waals surface area contributed by atoms with Crippen molar-refractivity contribution >= 4 is 5.91 Å². The van der Waals surface area contributed by atoms with E-state index in [0.717, 1.165) is 11.1 Å². The molecular formula is C18H14N6O2. The Morgan fingerprint density at radius 2 is 2.12 bits per heavy atom. The Kier molecular flexibility index (Phi) is 4.21. The lowest BCUT2D eigenvalue weighted by atomic mass is 10.2. The number of rotatable bonds is 5.